The molecule has 1 aliphatic heterocycles. The van der Waals surface area contributed by atoms with Gasteiger partial charge in [0.2, 0.25) is 0 Å². The molecule has 5 nitrogen and oxygen atoms in total. The van der Waals surface area contributed by atoms with Gasteiger partial charge in [-0.2, -0.15) is 0 Å². The van der Waals surface area contributed by atoms with Crippen molar-refractivity contribution >= 4 is 49.8 Å². The zero-order chi connectivity index (χ0) is 23.2. The highest BCUT2D eigenvalue weighted by Gasteiger charge is 2.32. The number of benzene rings is 5. The van der Waals surface area contributed by atoms with Crippen LogP contribution in [-0.2, 0) is 6.54 Å². The van der Waals surface area contributed by atoms with Gasteiger partial charge in [0.1, 0.15) is 0 Å². The minimum absolute atomic E-state index is 0.259. The second-order valence-electron chi connectivity index (χ2n) is 8.71. The molecule has 5 aromatic rings. The number of nitrogen functional groups attached to an aromatic ring is 1. The highest BCUT2D eigenvalue weighted by molar-refractivity contribution is 6.25. The standard InChI is InChI=1S/C29H23N3O2/c30-21-15-20-8-5-11-24-27(20)25(16-21)29(34)32(28(24)33)13-12-31-17-26-22-9-3-1-6-18(22)14-19-7-2-4-10-23(19)26/h1-11,14-16,31H,12-13,17,30H2. The number of carbonyl (C=O) groups excluding carboxylic acids is 2. The van der Waals surface area contributed by atoms with Crippen molar-refractivity contribution in [3.63, 3.8) is 0 Å². The maximum atomic E-state index is 13.2. The molecule has 1 heterocycles. The summed E-state index contributed by atoms with van der Waals surface area (Å²) in [6.07, 6.45) is 0. The molecule has 5 heteroatoms. The molecule has 0 saturated heterocycles. The first-order valence-electron chi connectivity index (χ1n) is 11.4. The molecule has 0 bridgehead atoms. The molecule has 1 aliphatic rings. The Morgan fingerprint density at radius 2 is 1.35 bits per heavy atom. The van der Waals surface area contributed by atoms with Crippen molar-refractivity contribution in [3.8, 4) is 0 Å². The molecule has 166 valence electrons. The lowest BCUT2D eigenvalue weighted by Crippen LogP contribution is -2.43. The van der Waals surface area contributed by atoms with Gasteiger partial charge < -0.3 is 11.1 Å². The number of nitrogens with two attached hydrogens (primary N) is 1. The van der Waals surface area contributed by atoms with Crippen LogP contribution < -0.4 is 11.1 Å². The second-order valence-corrected chi connectivity index (χ2v) is 8.71. The van der Waals surface area contributed by atoms with Crippen LogP contribution in [0.1, 0.15) is 26.3 Å². The van der Waals surface area contributed by atoms with Gasteiger partial charge in [0, 0.05) is 36.3 Å². The highest BCUT2D eigenvalue weighted by atomic mass is 16.2. The smallest absolute Gasteiger partial charge is 0.261 e. The van der Waals surface area contributed by atoms with Crippen molar-refractivity contribution in [2.45, 2.75) is 6.54 Å². The Morgan fingerprint density at radius 1 is 0.706 bits per heavy atom. The summed E-state index contributed by atoms with van der Waals surface area (Å²) in [5.41, 5.74) is 8.80. The number of imide groups is 1. The fourth-order valence-electron chi connectivity index (χ4n) is 5.09. The number of nitrogens with one attached hydrogen (secondary N) is 1. The maximum absolute atomic E-state index is 13.2. The third-order valence-corrected chi connectivity index (χ3v) is 6.65. The van der Waals surface area contributed by atoms with Crippen LogP contribution in [0.2, 0.25) is 0 Å². The summed E-state index contributed by atoms with van der Waals surface area (Å²) in [5.74, 6) is -0.552. The fraction of sp³-hybridized carbons (Fsp3) is 0.103. The summed E-state index contributed by atoms with van der Waals surface area (Å²) in [6, 6.07) is 27.9. The lowest BCUT2D eigenvalue weighted by molar-refractivity contribution is 0.0612. The van der Waals surface area contributed by atoms with E-state index >= 15 is 0 Å². The molecule has 0 spiro atoms. The van der Waals surface area contributed by atoms with Crippen molar-refractivity contribution in [1.82, 2.24) is 10.2 Å². The monoisotopic (exact) mass is 445 g/mol. The molecule has 0 atom stereocenters. The van der Waals surface area contributed by atoms with Crippen molar-refractivity contribution in [2.75, 3.05) is 18.8 Å². The van der Waals surface area contributed by atoms with E-state index in [-0.39, 0.29) is 18.4 Å². The minimum atomic E-state index is -0.293. The predicted molar refractivity (Wildman–Crippen MR) is 137 cm³/mol. The van der Waals surface area contributed by atoms with Crippen LogP contribution in [-0.4, -0.2) is 29.8 Å². The van der Waals surface area contributed by atoms with E-state index in [1.165, 1.54) is 32.0 Å². The van der Waals surface area contributed by atoms with Gasteiger partial charge >= 0.3 is 0 Å². The largest absolute Gasteiger partial charge is 0.399 e. The molecule has 0 unspecified atom stereocenters. The van der Waals surface area contributed by atoms with E-state index in [0.29, 0.717) is 35.3 Å². The highest BCUT2D eigenvalue weighted by Crippen LogP contribution is 2.32. The summed E-state index contributed by atoms with van der Waals surface area (Å²) < 4.78 is 0. The molecule has 2 amide bonds. The van der Waals surface area contributed by atoms with Gasteiger partial charge in [-0.1, -0.05) is 60.7 Å². The molecule has 34 heavy (non-hydrogen) atoms. The number of amides is 2. The van der Waals surface area contributed by atoms with Crippen molar-refractivity contribution in [1.29, 1.82) is 0 Å². The average molecular weight is 446 g/mol. The number of fused-ring (bicyclic) bond motifs is 2. The first-order valence-corrected chi connectivity index (χ1v) is 11.4. The van der Waals surface area contributed by atoms with E-state index in [2.05, 4.69) is 47.8 Å². The molecular formula is C29H23N3O2. The van der Waals surface area contributed by atoms with Crippen LogP contribution in [0, 0.1) is 0 Å². The number of anilines is 1. The summed E-state index contributed by atoms with van der Waals surface area (Å²) in [4.78, 5) is 27.7. The summed E-state index contributed by atoms with van der Waals surface area (Å²) in [7, 11) is 0. The lowest BCUT2D eigenvalue weighted by Gasteiger charge is -2.27. The van der Waals surface area contributed by atoms with E-state index < -0.39 is 0 Å². The Hall–Kier alpha value is -4.22. The van der Waals surface area contributed by atoms with Gasteiger partial charge in [-0.05, 0) is 56.8 Å². The molecule has 0 radical (unpaired) electrons. The number of hydrogen-bond acceptors (Lipinski definition) is 4. The molecule has 0 fully saturated rings. The van der Waals surface area contributed by atoms with Crippen LogP contribution in [0.25, 0.3) is 32.3 Å². The van der Waals surface area contributed by atoms with Gasteiger partial charge in [0.05, 0.1) is 5.56 Å². The topological polar surface area (TPSA) is 75.4 Å². The minimum Gasteiger partial charge on any atom is -0.399 e. The number of carbonyl (C=O) groups is 2. The SMILES string of the molecule is Nc1cc2c3c(cccc3c1)C(=O)N(CCNCc1c3ccccc3cc3ccccc13)C2=O. The summed E-state index contributed by atoms with van der Waals surface area (Å²) >= 11 is 0. The zero-order valence-corrected chi connectivity index (χ0v) is 18.5. The molecule has 3 N–H and O–H groups in total. The van der Waals surface area contributed by atoms with Gasteiger partial charge in [0.25, 0.3) is 11.8 Å². The zero-order valence-electron chi connectivity index (χ0n) is 18.5. The third kappa shape index (κ3) is 3.21. The average Bonchev–Trinajstić information content (AvgIpc) is 2.85. The molecular weight excluding hydrogens is 422 g/mol. The van der Waals surface area contributed by atoms with Crippen LogP contribution in [0.15, 0.2) is 84.9 Å². The Labute approximate surface area is 196 Å². The van der Waals surface area contributed by atoms with Gasteiger partial charge in [-0.25, -0.2) is 0 Å². The second kappa shape index (κ2) is 7.97. The number of hydrogen-bond donors (Lipinski definition) is 2. The van der Waals surface area contributed by atoms with Crippen LogP contribution >= 0.6 is 0 Å². The molecule has 5 aromatic carbocycles. The van der Waals surface area contributed by atoms with E-state index in [1.54, 1.807) is 18.2 Å². The van der Waals surface area contributed by atoms with Crippen molar-refractivity contribution in [2.24, 2.45) is 0 Å². The lowest BCUT2D eigenvalue weighted by atomic mass is 9.93. The van der Waals surface area contributed by atoms with Crippen LogP contribution in [0.5, 0.6) is 0 Å². The van der Waals surface area contributed by atoms with Crippen molar-refractivity contribution < 1.29 is 9.59 Å². The Kier molecular flexibility index (Phi) is 4.78. The molecule has 6 rings (SSSR count). The van der Waals surface area contributed by atoms with Crippen LogP contribution in [0.3, 0.4) is 0 Å². The third-order valence-electron chi connectivity index (χ3n) is 6.65. The first kappa shape index (κ1) is 20.4. The predicted octanol–water partition coefficient (Wildman–Crippen LogP) is 5.11. The Morgan fingerprint density at radius 3 is 2.09 bits per heavy atom. The summed E-state index contributed by atoms with van der Waals surface area (Å²) in [5, 5.41) is 9.77. The fourth-order valence-corrected chi connectivity index (χ4v) is 5.09. The van der Waals surface area contributed by atoms with Gasteiger partial charge in [0.15, 0.2) is 0 Å². The Bertz CT molecular complexity index is 1570. The molecule has 0 aromatic heterocycles. The van der Waals surface area contributed by atoms with E-state index in [1.807, 2.05) is 24.3 Å². The van der Waals surface area contributed by atoms with E-state index in [9.17, 15) is 9.59 Å². The van der Waals surface area contributed by atoms with E-state index in [4.69, 9.17) is 5.73 Å². The van der Waals surface area contributed by atoms with Crippen LogP contribution in [0.4, 0.5) is 5.69 Å². The number of rotatable bonds is 5. The van der Waals surface area contributed by atoms with Gasteiger partial charge in [-0.15, -0.1) is 0 Å². The summed E-state index contributed by atoms with van der Waals surface area (Å²) in [6.45, 7) is 1.41. The molecule has 0 saturated carbocycles. The quantitative estimate of drug-likeness (QED) is 0.171. The Balaban J connectivity index is 1.25. The van der Waals surface area contributed by atoms with E-state index in [0.717, 1.165) is 5.39 Å². The van der Waals surface area contributed by atoms with Gasteiger partial charge in [-0.3, -0.25) is 14.5 Å². The normalized spacial score (nSPS) is 13.4. The first-order chi connectivity index (χ1) is 16.6. The maximum Gasteiger partial charge on any atom is 0.261 e. The number of nitrogens with zero attached hydrogens (tertiary/aromatic N) is 1. The van der Waals surface area contributed by atoms with Crippen molar-refractivity contribution in [3.05, 3.63) is 102 Å². The molecule has 0 aliphatic carbocycles.